The molecule has 0 aromatic rings. The van der Waals surface area contributed by atoms with Crippen molar-refractivity contribution >= 4 is 11.8 Å². The molecule has 166 valence electrons. The molecule has 0 unspecified atom stereocenters. The first-order valence-corrected chi connectivity index (χ1v) is 10.9. The maximum absolute atomic E-state index is 11.9. The first kappa shape index (κ1) is 28.4. The van der Waals surface area contributed by atoms with Gasteiger partial charge in [-0.2, -0.15) is 0 Å². The van der Waals surface area contributed by atoms with E-state index in [-0.39, 0.29) is 17.5 Å². The second-order valence-electron chi connectivity index (χ2n) is 7.15. The first-order chi connectivity index (χ1) is 13.4. The Labute approximate surface area is 172 Å². The van der Waals surface area contributed by atoms with Crippen LogP contribution in [-0.2, 0) is 9.59 Å². The van der Waals surface area contributed by atoms with Gasteiger partial charge >= 0.3 is 0 Å². The fraction of sp³-hybridized carbons (Fsp3) is 0.810. The molecule has 0 fully saturated rings. The third kappa shape index (κ3) is 19.0. The largest absolute Gasteiger partial charge is 0.393 e. The third-order valence-electron chi connectivity index (χ3n) is 3.89. The highest BCUT2D eigenvalue weighted by Crippen LogP contribution is 2.01. The maximum Gasteiger partial charge on any atom is 0.268 e. The number of nitrogens with zero attached hydrogens (tertiary/aromatic N) is 1. The zero-order chi connectivity index (χ0) is 21.8. The predicted octanol–water partition coefficient (Wildman–Crippen LogP) is 3.02. The summed E-state index contributed by atoms with van der Waals surface area (Å²) in [6, 6.07) is 0. The molecule has 0 saturated carbocycles. The second kappa shape index (κ2) is 20.0. The van der Waals surface area contributed by atoms with Gasteiger partial charge in [-0.1, -0.05) is 60.3 Å². The van der Waals surface area contributed by atoms with Gasteiger partial charge in [-0.3, -0.25) is 9.59 Å². The van der Waals surface area contributed by atoms with Crippen LogP contribution < -0.4 is 22.2 Å². The van der Waals surface area contributed by atoms with E-state index in [1.807, 2.05) is 27.7 Å². The van der Waals surface area contributed by atoms with Crippen LogP contribution in [0.25, 0.3) is 0 Å². The number of unbranched alkanes of at least 4 members (excludes halogenated alkanes) is 5. The molecule has 7 nitrogen and oxygen atoms in total. The molecule has 0 rings (SSSR count). The lowest BCUT2D eigenvalue weighted by atomic mass is 10.1. The SMILES string of the molecule is CC.CCCCCN(N)/C=C(\N)C(=O)NCCCCCCNC(=O)CC(C)C. The van der Waals surface area contributed by atoms with Crippen LogP contribution in [0.3, 0.4) is 0 Å². The van der Waals surface area contributed by atoms with E-state index >= 15 is 0 Å². The van der Waals surface area contributed by atoms with Crippen molar-refractivity contribution in [2.45, 2.75) is 86.0 Å². The Balaban J connectivity index is 0. The third-order valence-corrected chi connectivity index (χ3v) is 3.89. The van der Waals surface area contributed by atoms with Crippen molar-refractivity contribution in [1.29, 1.82) is 0 Å². The topological polar surface area (TPSA) is 113 Å². The minimum absolute atomic E-state index is 0.123. The van der Waals surface area contributed by atoms with Crippen LogP contribution >= 0.6 is 0 Å². The number of carbonyl (C=O) groups is 2. The van der Waals surface area contributed by atoms with Crippen molar-refractivity contribution in [3.05, 3.63) is 11.9 Å². The quantitative estimate of drug-likeness (QED) is 0.146. The molecule has 28 heavy (non-hydrogen) atoms. The van der Waals surface area contributed by atoms with Crippen molar-refractivity contribution in [1.82, 2.24) is 15.6 Å². The van der Waals surface area contributed by atoms with Crippen LogP contribution in [0.5, 0.6) is 0 Å². The predicted molar refractivity (Wildman–Crippen MR) is 118 cm³/mol. The zero-order valence-corrected chi connectivity index (χ0v) is 18.9. The molecule has 0 heterocycles. The van der Waals surface area contributed by atoms with Gasteiger partial charge in [0.05, 0.1) is 0 Å². The maximum atomic E-state index is 11.9. The molecule has 6 N–H and O–H groups in total. The normalized spacial score (nSPS) is 10.9. The molecule has 0 atom stereocenters. The molecule has 0 spiro atoms. The van der Waals surface area contributed by atoms with Gasteiger partial charge in [0.1, 0.15) is 5.70 Å². The van der Waals surface area contributed by atoms with Gasteiger partial charge in [-0.05, 0) is 25.2 Å². The van der Waals surface area contributed by atoms with E-state index in [1.54, 1.807) is 0 Å². The summed E-state index contributed by atoms with van der Waals surface area (Å²) < 4.78 is 0. The number of rotatable bonds is 15. The first-order valence-electron chi connectivity index (χ1n) is 10.9. The second-order valence-corrected chi connectivity index (χ2v) is 7.15. The molecule has 0 aliphatic heterocycles. The molecule has 7 heteroatoms. The molecule has 0 radical (unpaired) electrons. The Bertz CT molecular complexity index is 425. The van der Waals surface area contributed by atoms with Crippen LogP contribution in [0, 0.1) is 5.92 Å². The number of hydrogen-bond donors (Lipinski definition) is 4. The monoisotopic (exact) mass is 399 g/mol. The molecular weight excluding hydrogens is 354 g/mol. The summed E-state index contributed by atoms with van der Waals surface area (Å²) >= 11 is 0. The Kier molecular flexibility index (Phi) is 20.3. The highest BCUT2D eigenvalue weighted by atomic mass is 16.2. The van der Waals surface area contributed by atoms with E-state index in [9.17, 15) is 9.59 Å². The summed E-state index contributed by atoms with van der Waals surface area (Å²) in [5.74, 6) is 6.02. The minimum atomic E-state index is -0.281. The molecule has 0 aromatic carbocycles. The average molecular weight is 400 g/mol. The van der Waals surface area contributed by atoms with Crippen molar-refractivity contribution in [2.75, 3.05) is 19.6 Å². The number of hydrogen-bond acceptors (Lipinski definition) is 5. The van der Waals surface area contributed by atoms with E-state index in [2.05, 4.69) is 17.6 Å². The highest BCUT2D eigenvalue weighted by Gasteiger charge is 2.06. The van der Waals surface area contributed by atoms with Crippen molar-refractivity contribution in [3.8, 4) is 0 Å². The van der Waals surface area contributed by atoms with Gasteiger partial charge in [-0.15, -0.1) is 0 Å². The van der Waals surface area contributed by atoms with Crippen molar-refractivity contribution in [3.63, 3.8) is 0 Å². The van der Waals surface area contributed by atoms with Crippen LogP contribution in [0.2, 0.25) is 0 Å². The van der Waals surface area contributed by atoms with Crippen LogP contribution in [0.4, 0.5) is 0 Å². The summed E-state index contributed by atoms with van der Waals surface area (Å²) in [5, 5.41) is 7.20. The number of nitrogens with one attached hydrogen (secondary N) is 2. The summed E-state index contributed by atoms with van der Waals surface area (Å²) in [7, 11) is 0. The van der Waals surface area contributed by atoms with Gasteiger partial charge in [0, 0.05) is 32.3 Å². The van der Waals surface area contributed by atoms with E-state index in [0.29, 0.717) is 25.4 Å². The summed E-state index contributed by atoms with van der Waals surface area (Å²) in [4.78, 5) is 23.4. The standard InChI is InChI=1S/C19H39N5O2.C2H6/c1-4-5-10-13-24(21)15-17(20)19(26)23-12-9-7-6-8-11-22-18(25)14-16(2)3;1-2/h15-16H,4-14,20-21H2,1-3H3,(H,22,25)(H,23,26);1-2H3/b17-15-;. The lowest BCUT2D eigenvalue weighted by molar-refractivity contribution is -0.121. The van der Waals surface area contributed by atoms with Gasteiger partial charge in [-0.25, -0.2) is 5.84 Å². The number of hydrazine groups is 1. The summed E-state index contributed by atoms with van der Waals surface area (Å²) in [6.07, 6.45) is 9.16. The van der Waals surface area contributed by atoms with Crippen LogP contribution in [-0.4, -0.2) is 36.5 Å². The minimum Gasteiger partial charge on any atom is -0.393 e. The van der Waals surface area contributed by atoms with Crippen molar-refractivity contribution < 1.29 is 9.59 Å². The molecule has 2 amide bonds. The smallest absolute Gasteiger partial charge is 0.268 e. The van der Waals surface area contributed by atoms with Gasteiger partial charge in [0.25, 0.3) is 5.91 Å². The van der Waals surface area contributed by atoms with E-state index in [4.69, 9.17) is 11.6 Å². The fourth-order valence-electron chi connectivity index (χ4n) is 2.42. The Morgan fingerprint density at radius 1 is 0.964 bits per heavy atom. The molecule has 0 saturated heterocycles. The Morgan fingerprint density at radius 2 is 1.54 bits per heavy atom. The number of nitrogens with two attached hydrogens (primary N) is 2. The lowest BCUT2D eigenvalue weighted by Crippen LogP contribution is -2.33. The summed E-state index contributed by atoms with van der Waals surface area (Å²) in [5.41, 5.74) is 5.89. The van der Waals surface area contributed by atoms with Crippen molar-refractivity contribution in [2.24, 2.45) is 17.5 Å². The van der Waals surface area contributed by atoms with Gasteiger partial charge in [0.15, 0.2) is 0 Å². The molecule has 0 aromatic heterocycles. The van der Waals surface area contributed by atoms with E-state index < -0.39 is 0 Å². The average Bonchev–Trinajstić information content (AvgIpc) is 2.64. The molecule has 0 aliphatic rings. The zero-order valence-electron chi connectivity index (χ0n) is 18.9. The fourth-order valence-corrected chi connectivity index (χ4v) is 2.42. The highest BCUT2D eigenvalue weighted by molar-refractivity contribution is 5.92. The van der Waals surface area contributed by atoms with Crippen LogP contribution in [0.1, 0.15) is 86.0 Å². The number of carbonyl (C=O) groups excluding carboxylic acids is 2. The Hall–Kier alpha value is -1.76. The van der Waals surface area contributed by atoms with Crippen LogP contribution in [0.15, 0.2) is 11.9 Å². The van der Waals surface area contributed by atoms with E-state index in [0.717, 1.165) is 51.5 Å². The molecule has 0 bridgehead atoms. The van der Waals surface area contributed by atoms with Gasteiger partial charge in [0.2, 0.25) is 5.91 Å². The van der Waals surface area contributed by atoms with E-state index in [1.165, 1.54) is 11.2 Å². The Morgan fingerprint density at radius 3 is 2.07 bits per heavy atom. The van der Waals surface area contributed by atoms with Gasteiger partial charge < -0.3 is 21.4 Å². The molecular formula is C21H45N5O2. The summed E-state index contributed by atoms with van der Waals surface area (Å²) in [6.45, 7) is 12.2. The number of amides is 2. The molecule has 0 aliphatic carbocycles. The lowest BCUT2D eigenvalue weighted by Gasteiger charge is -2.14.